The molecule has 0 aliphatic heterocycles. The van der Waals surface area contributed by atoms with E-state index in [0.29, 0.717) is 4.77 Å². The van der Waals surface area contributed by atoms with E-state index in [1.165, 1.54) is 0 Å². The van der Waals surface area contributed by atoms with Crippen LogP contribution in [-0.4, -0.2) is 24.2 Å². The van der Waals surface area contributed by atoms with Crippen LogP contribution >= 0.6 is 12.2 Å². The Labute approximate surface area is 111 Å². The average molecular weight is 262 g/mol. The smallest absolute Gasteiger partial charge is 0.197 e. The van der Waals surface area contributed by atoms with E-state index in [-0.39, 0.29) is 0 Å². The standard InChI is InChI=1S/C13H14N2O2S/c1-8-7-14-13(18)15-12(8)10-5-4-9(16-2)6-11(10)17-3/h4-7H,1-3H3,(H,14,15,18). The Morgan fingerprint density at radius 1 is 1.22 bits per heavy atom. The summed E-state index contributed by atoms with van der Waals surface area (Å²) in [5.74, 6) is 1.48. The molecule has 0 amide bonds. The van der Waals surface area contributed by atoms with Gasteiger partial charge in [0.15, 0.2) is 4.77 Å². The predicted molar refractivity (Wildman–Crippen MR) is 72.7 cm³/mol. The van der Waals surface area contributed by atoms with Crippen molar-refractivity contribution in [2.24, 2.45) is 0 Å². The van der Waals surface area contributed by atoms with Crippen LogP contribution in [0.4, 0.5) is 0 Å². The van der Waals surface area contributed by atoms with E-state index in [9.17, 15) is 0 Å². The number of rotatable bonds is 3. The van der Waals surface area contributed by atoms with Crippen molar-refractivity contribution in [3.63, 3.8) is 0 Å². The summed E-state index contributed by atoms with van der Waals surface area (Å²) in [7, 11) is 3.25. The van der Waals surface area contributed by atoms with Gasteiger partial charge in [0.1, 0.15) is 11.5 Å². The van der Waals surface area contributed by atoms with E-state index in [0.717, 1.165) is 28.3 Å². The number of benzene rings is 1. The summed E-state index contributed by atoms with van der Waals surface area (Å²) >= 11 is 5.06. The van der Waals surface area contributed by atoms with E-state index in [2.05, 4.69) is 9.97 Å². The second-order valence-corrected chi connectivity index (χ2v) is 4.20. The number of methoxy groups -OCH3 is 2. The van der Waals surface area contributed by atoms with Crippen LogP contribution < -0.4 is 9.47 Å². The van der Waals surface area contributed by atoms with Crippen molar-refractivity contribution < 1.29 is 9.47 Å². The number of hydrogen-bond donors (Lipinski definition) is 1. The highest BCUT2D eigenvalue weighted by atomic mass is 32.1. The Morgan fingerprint density at radius 3 is 2.67 bits per heavy atom. The third-order valence-electron chi connectivity index (χ3n) is 2.68. The second-order valence-electron chi connectivity index (χ2n) is 3.81. The Balaban J connectivity index is 2.63. The third-order valence-corrected chi connectivity index (χ3v) is 2.89. The van der Waals surface area contributed by atoms with Crippen LogP contribution in [0.15, 0.2) is 24.4 Å². The lowest BCUT2D eigenvalue weighted by atomic mass is 10.1. The molecule has 0 spiro atoms. The first-order chi connectivity index (χ1) is 8.65. The van der Waals surface area contributed by atoms with Gasteiger partial charge in [-0.05, 0) is 36.8 Å². The number of H-pyrrole nitrogens is 1. The molecule has 4 nitrogen and oxygen atoms in total. The number of hydrogen-bond acceptors (Lipinski definition) is 4. The Morgan fingerprint density at radius 2 is 2.00 bits per heavy atom. The van der Waals surface area contributed by atoms with E-state index in [4.69, 9.17) is 21.7 Å². The number of nitrogens with zero attached hydrogens (tertiary/aromatic N) is 1. The summed E-state index contributed by atoms with van der Waals surface area (Å²) in [5.41, 5.74) is 2.85. The molecule has 1 aromatic carbocycles. The average Bonchev–Trinajstić information content (AvgIpc) is 2.41. The molecule has 0 atom stereocenters. The van der Waals surface area contributed by atoms with Crippen molar-refractivity contribution in [2.45, 2.75) is 6.92 Å². The van der Waals surface area contributed by atoms with Crippen molar-refractivity contribution >= 4 is 12.2 Å². The first kappa shape index (κ1) is 12.6. The lowest BCUT2D eigenvalue weighted by molar-refractivity contribution is 0.395. The highest BCUT2D eigenvalue weighted by Crippen LogP contribution is 2.33. The monoisotopic (exact) mass is 262 g/mol. The first-order valence-electron chi connectivity index (χ1n) is 5.44. The molecule has 0 aliphatic rings. The van der Waals surface area contributed by atoms with Gasteiger partial charge in [0.25, 0.3) is 0 Å². The number of ether oxygens (including phenoxy) is 2. The molecule has 2 aromatic rings. The van der Waals surface area contributed by atoms with Crippen molar-refractivity contribution in [1.82, 2.24) is 9.97 Å². The van der Waals surface area contributed by atoms with Gasteiger partial charge < -0.3 is 14.5 Å². The van der Waals surface area contributed by atoms with Crippen LogP contribution in [-0.2, 0) is 0 Å². The molecule has 0 aliphatic carbocycles. The molecule has 0 fully saturated rings. The van der Waals surface area contributed by atoms with Crippen molar-refractivity contribution in [3.8, 4) is 22.8 Å². The SMILES string of the molecule is COc1ccc(-c2[nH]c(=S)ncc2C)c(OC)c1. The largest absolute Gasteiger partial charge is 0.497 e. The Hall–Kier alpha value is -1.88. The van der Waals surface area contributed by atoms with E-state index >= 15 is 0 Å². The molecule has 1 aromatic heterocycles. The molecule has 2 rings (SSSR count). The summed E-state index contributed by atoms with van der Waals surface area (Å²) in [6, 6.07) is 5.66. The van der Waals surface area contributed by atoms with Crippen LogP contribution in [0.5, 0.6) is 11.5 Å². The van der Waals surface area contributed by atoms with Gasteiger partial charge in [0.05, 0.1) is 19.9 Å². The normalized spacial score (nSPS) is 10.2. The highest BCUT2D eigenvalue weighted by Gasteiger charge is 2.10. The number of aromatic amines is 1. The fourth-order valence-electron chi connectivity index (χ4n) is 1.74. The molecule has 0 saturated carbocycles. The molecule has 5 heteroatoms. The minimum atomic E-state index is 0.452. The van der Waals surface area contributed by atoms with Gasteiger partial charge in [0.2, 0.25) is 0 Å². The molecular weight excluding hydrogens is 248 g/mol. The molecule has 94 valence electrons. The molecule has 0 bridgehead atoms. The van der Waals surface area contributed by atoms with Crippen molar-refractivity contribution in [3.05, 3.63) is 34.7 Å². The summed E-state index contributed by atoms with van der Waals surface area (Å²) in [4.78, 5) is 7.13. The Bertz CT molecular complexity index is 623. The summed E-state index contributed by atoms with van der Waals surface area (Å²) in [6.07, 6.45) is 1.75. The topological polar surface area (TPSA) is 47.1 Å². The molecule has 0 unspecified atom stereocenters. The maximum absolute atomic E-state index is 5.38. The summed E-state index contributed by atoms with van der Waals surface area (Å²) in [6.45, 7) is 1.97. The summed E-state index contributed by atoms with van der Waals surface area (Å²) < 4.78 is 11.0. The van der Waals surface area contributed by atoms with E-state index in [1.54, 1.807) is 20.4 Å². The van der Waals surface area contributed by atoms with E-state index in [1.807, 2.05) is 25.1 Å². The highest BCUT2D eigenvalue weighted by molar-refractivity contribution is 7.71. The maximum Gasteiger partial charge on any atom is 0.197 e. The Kier molecular flexibility index (Phi) is 3.62. The maximum atomic E-state index is 5.38. The lowest BCUT2D eigenvalue weighted by Crippen LogP contribution is -1.95. The molecule has 1 N–H and O–H groups in total. The fourth-order valence-corrected chi connectivity index (χ4v) is 1.90. The van der Waals surface area contributed by atoms with E-state index < -0.39 is 0 Å². The number of aryl methyl sites for hydroxylation is 1. The number of aromatic nitrogens is 2. The van der Waals surface area contributed by atoms with Crippen LogP contribution in [0.2, 0.25) is 0 Å². The molecule has 0 radical (unpaired) electrons. The van der Waals surface area contributed by atoms with Gasteiger partial charge in [-0.15, -0.1) is 0 Å². The molecule has 1 heterocycles. The number of nitrogens with one attached hydrogen (secondary N) is 1. The van der Waals surface area contributed by atoms with Gasteiger partial charge >= 0.3 is 0 Å². The van der Waals surface area contributed by atoms with Crippen LogP contribution in [0.25, 0.3) is 11.3 Å². The first-order valence-corrected chi connectivity index (χ1v) is 5.85. The minimum absolute atomic E-state index is 0.452. The van der Waals surface area contributed by atoms with Crippen LogP contribution in [0.3, 0.4) is 0 Å². The van der Waals surface area contributed by atoms with Gasteiger partial charge in [0, 0.05) is 17.8 Å². The quantitative estimate of drug-likeness (QED) is 0.863. The van der Waals surface area contributed by atoms with Gasteiger partial charge in [-0.1, -0.05) is 0 Å². The fraction of sp³-hybridized carbons (Fsp3) is 0.231. The second kappa shape index (κ2) is 5.18. The predicted octanol–water partition coefficient (Wildman–Crippen LogP) is 3.13. The van der Waals surface area contributed by atoms with Gasteiger partial charge in [-0.2, -0.15) is 0 Å². The van der Waals surface area contributed by atoms with Crippen LogP contribution in [0.1, 0.15) is 5.56 Å². The van der Waals surface area contributed by atoms with Gasteiger partial charge in [-0.25, -0.2) is 4.98 Å². The zero-order chi connectivity index (χ0) is 13.1. The molecule has 18 heavy (non-hydrogen) atoms. The van der Waals surface area contributed by atoms with Crippen molar-refractivity contribution in [1.29, 1.82) is 0 Å². The zero-order valence-corrected chi connectivity index (χ0v) is 11.3. The third kappa shape index (κ3) is 2.36. The zero-order valence-electron chi connectivity index (χ0n) is 10.5. The van der Waals surface area contributed by atoms with Crippen molar-refractivity contribution in [2.75, 3.05) is 14.2 Å². The molecular formula is C13H14N2O2S. The summed E-state index contributed by atoms with van der Waals surface area (Å²) in [5, 5.41) is 0. The lowest BCUT2D eigenvalue weighted by Gasteiger charge is -2.12. The van der Waals surface area contributed by atoms with Crippen LogP contribution in [0, 0.1) is 11.7 Å². The molecule has 0 saturated heterocycles. The van der Waals surface area contributed by atoms with Gasteiger partial charge in [-0.3, -0.25) is 0 Å². The minimum Gasteiger partial charge on any atom is -0.497 e.